The molecule has 0 saturated carbocycles. The molecule has 3 heterocycles. The van der Waals surface area contributed by atoms with Crippen molar-refractivity contribution in [2.45, 2.75) is 38.6 Å². The van der Waals surface area contributed by atoms with Gasteiger partial charge >= 0.3 is 0 Å². The molecule has 0 bridgehead atoms. The van der Waals surface area contributed by atoms with Gasteiger partial charge in [-0.15, -0.1) is 0 Å². The van der Waals surface area contributed by atoms with Crippen molar-refractivity contribution < 1.29 is 9.13 Å². The number of halogens is 2. The number of benzene rings is 2. The maximum Gasteiger partial charge on any atom is 0.128 e. The van der Waals surface area contributed by atoms with Crippen molar-refractivity contribution in [3.8, 4) is 17.0 Å². The number of hydrogen-bond acceptors (Lipinski definition) is 4. The van der Waals surface area contributed by atoms with Crippen LogP contribution in [-0.4, -0.2) is 43.2 Å². The van der Waals surface area contributed by atoms with Gasteiger partial charge in [0, 0.05) is 37.2 Å². The number of ether oxygens (including phenoxy) is 1. The Hall–Kier alpha value is -2.63. The average Bonchev–Trinajstić information content (AvgIpc) is 2.85. The van der Waals surface area contributed by atoms with Gasteiger partial charge in [-0.1, -0.05) is 43.1 Å². The summed E-state index contributed by atoms with van der Waals surface area (Å²) in [7, 11) is 2.20. The van der Waals surface area contributed by atoms with E-state index in [9.17, 15) is 4.39 Å². The van der Waals surface area contributed by atoms with Gasteiger partial charge in [-0.25, -0.2) is 4.39 Å². The van der Waals surface area contributed by atoms with Crippen LogP contribution in [0, 0.1) is 11.7 Å². The van der Waals surface area contributed by atoms with Crippen molar-refractivity contribution >= 4 is 17.3 Å². The molecular formula is C29H33ClFN3O. The number of likely N-dealkylation sites (N-methyl/N-ethyl adjacent to an activating group) is 1. The van der Waals surface area contributed by atoms with Crippen LogP contribution in [0.2, 0.25) is 5.02 Å². The molecule has 2 aromatic carbocycles. The summed E-state index contributed by atoms with van der Waals surface area (Å²) in [5, 5.41) is 0.483. The maximum absolute atomic E-state index is 13.7. The number of nitrogens with zero attached hydrogens (tertiary/aromatic N) is 3. The molecule has 6 heteroatoms. The number of anilines is 1. The first-order valence-corrected chi connectivity index (χ1v) is 12.9. The van der Waals surface area contributed by atoms with E-state index in [-0.39, 0.29) is 11.2 Å². The summed E-state index contributed by atoms with van der Waals surface area (Å²) in [6.07, 6.45) is 2.06. The van der Waals surface area contributed by atoms with E-state index in [2.05, 4.69) is 42.0 Å². The third kappa shape index (κ3) is 4.41. The fourth-order valence-electron chi connectivity index (χ4n) is 6.17. The van der Waals surface area contributed by atoms with Crippen LogP contribution in [0.25, 0.3) is 11.3 Å². The van der Waals surface area contributed by atoms with Crippen LogP contribution in [0.15, 0.2) is 54.6 Å². The molecule has 5 rings (SSSR count). The molecule has 2 aliphatic rings. The monoisotopic (exact) mass is 493 g/mol. The van der Waals surface area contributed by atoms with Gasteiger partial charge in [-0.2, -0.15) is 0 Å². The molecule has 1 aromatic heterocycles. The number of hydrogen-bond donors (Lipinski definition) is 0. The van der Waals surface area contributed by atoms with E-state index in [4.69, 9.17) is 21.3 Å². The van der Waals surface area contributed by atoms with Gasteiger partial charge in [0.15, 0.2) is 0 Å². The van der Waals surface area contributed by atoms with Crippen molar-refractivity contribution in [2.24, 2.45) is 5.92 Å². The van der Waals surface area contributed by atoms with Gasteiger partial charge in [0.1, 0.15) is 11.6 Å². The van der Waals surface area contributed by atoms with Crippen LogP contribution in [-0.2, 0) is 12.0 Å². The number of para-hydroxylation sites is 1. The average molecular weight is 494 g/mol. The molecule has 0 radical (unpaired) electrons. The highest BCUT2D eigenvalue weighted by Gasteiger charge is 2.47. The molecule has 1 saturated heterocycles. The molecule has 1 spiro atoms. The van der Waals surface area contributed by atoms with Crippen molar-refractivity contribution in [1.82, 2.24) is 9.88 Å². The lowest BCUT2D eigenvalue weighted by Gasteiger charge is -2.53. The van der Waals surface area contributed by atoms with Gasteiger partial charge < -0.3 is 9.64 Å². The lowest BCUT2D eigenvalue weighted by molar-refractivity contribution is 0.121. The van der Waals surface area contributed by atoms with Crippen molar-refractivity contribution in [3.63, 3.8) is 0 Å². The highest BCUT2D eigenvalue weighted by molar-refractivity contribution is 6.33. The number of fused-ring (bicyclic) bond motifs is 2. The Morgan fingerprint density at radius 1 is 1.14 bits per heavy atom. The van der Waals surface area contributed by atoms with Crippen molar-refractivity contribution in [3.05, 3.63) is 76.7 Å². The number of pyridine rings is 1. The molecule has 184 valence electrons. The van der Waals surface area contributed by atoms with E-state index in [1.54, 1.807) is 0 Å². The molecule has 35 heavy (non-hydrogen) atoms. The van der Waals surface area contributed by atoms with E-state index in [1.165, 1.54) is 17.7 Å². The second-order valence-corrected chi connectivity index (χ2v) is 10.3. The fraction of sp³-hybridized carbons (Fsp3) is 0.414. The fourth-order valence-corrected chi connectivity index (χ4v) is 6.46. The normalized spacial score (nSPS) is 22.3. The largest absolute Gasteiger partial charge is 0.493 e. The first-order valence-electron chi connectivity index (χ1n) is 12.6. The minimum atomic E-state index is -0.296. The van der Waals surface area contributed by atoms with Crippen LogP contribution in [0.3, 0.4) is 0 Å². The predicted molar refractivity (Wildman–Crippen MR) is 141 cm³/mol. The Kier molecular flexibility index (Phi) is 6.73. The van der Waals surface area contributed by atoms with Crippen LogP contribution in [0.5, 0.6) is 5.75 Å². The summed E-state index contributed by atoms with van der Waals surface area (Å²) < 4.78 is 19.5. The van der Waals surface area contributed by atoms with E-state index < -0.39 is 0 Å². The zero-order valence-corrected chi connectivity index (χ0v) is 21.5. The lowest BCUT2D eigenvalue weighted by atomic mass is 9.62. The van der Waals surface area contributed by atoms with Crippen LogP contribution in [0.1, 0.15) is 37.9 Å². The predicted octanol–water partition coefficient (Wildman–Crippen LogP) is 6.56. The third-order valence-corrected chi connectivity index (χ3v) is 8.04. The van der Waals surface area contributed by atoms with Crippen LogP contribution in [0.4, 0.5) is 10.1 Å². The summed E-state index contributed by atoms with van der Waals surface area (Å²) in [6, 6.07) is 17.3. The topological polar surface area (TPSA) is 28.6 Å². The quantitative estimate of drug-likeness (QED) is 0.402. The van der Waals surface area contributed by atoms with Crippen molar-refractivity contribution in [1.29, 1.82) is 0 Å². The van der Waals surface area contributed by atoms with Gasteiger partial charge in [0.25, 0.3) is 0 Å². The first-order chi connectivity index (χ1) is 16.9. The maximum atomic E-state index is 13.7. The minimum absolute atomic E-state index is 0.0328. The molecule has 3 aromatic rings. The molecule has 1 fully saturated rings. The van der Waals surface area contributed by atoms with Crippen molar-refractivity contribution in [2.75, 3.05) is 38.2 Å². The van der Waals surface area contributed by atoms with Gasteiger partial charge in [0.05, 0.1) is 28.7 Å². The summed E-state index contributed by atoms with van der Waals surface area (Å²) in [5.74, 6) is 1.01. The summed E-state index contributed by atoms with van der Waals surface area (Å²) >= 11 is 6.44. The number of aromatic nitrogens is 1. The molecule has 0 N–H and O–H groups in total. The number of rotatable bonds is 5. The molecular weight excluding hydrogens is 461 g/mol. The summed E-state index contributed by atoms with van der Waals surface area (Å²) in [4.78, 5) is 9.94. The smallest absolute Gasteiger partial charge is 0.128 e. The molecule has 2 unspecified atom stereocenters. The zero-order valence-electron chi connectivity index (χ0n) is 20.7. The Bertz CT molecular complexity index is 1220. The SMILES string of the molecule is CCOc1ccccc1-c1ccc2c(n1)CN(C)CC21CCN(c2ccc(F)cc2Cl)CC1CC. The molecule has 0 amide bonds. The standard InChI is InChI=1S/C29H33ClFN3O/c1-4-20-17-34(27-13-10-21(31)16-24(27)30)15-14-29(20)19-33(3)18-26-23(29)11-12-25(32-26)22-8-6-7-9-28(22)35-5-2/h6-13,16,20H,4-5,14-15,17-19H2,1-3H3. The Labute approximate surface area is 212 Å². The minimum Gasteiger partial charge on any atom is -0.493 e. The summed E-state index contributed by atoms with van der Waals surface area (Å²) in [6.45, 7) is 8.53. The first kappa shape index (κ1) is 24.1. The van der Waals surface area contributed by atoms with Crippen LogP contribution < -0.4 is 9.64 Å². The van der Waals surface area contributed by atoms with Crippen LogP contribution >= 0.6 is 11.6 Å². The van der Waals surface area contributed by atoms with E-state index in [1.807, 2.05) is 31.2 Å². The number of piperidine rings is 1. The van der Waals surface area contributed by atoms with E-state index >= 15 is 0 Å². The highest BCUT2D eigenvalue weighted by Crippen LogP contribution is 2.47. The van der Waals surface area contributed by atoms with E-state index in [0.717, 1.165) is 67.4 Å². The second-order valence-electron chi connectivity index (χ2n) is 9.85. The second kappa shape index (κ2) is 9.79. The van der Waals surface area contributed by atoms with Gasteiger partial charge in [-0.05, 0) is 68.3 Å². The lowest BCUT2D eigenvalue weighted by Crippen LogP contribution is -2.57. The molecule has 2 atom stereocenters. The highest BCUT2D eigenvalue weighted by atomic mass is 35.5. The molecule has 2 aliphatic heterocycles. The summed E-state index contributed by atoms with van der Waals surface area (Å²) in [5.41, 5.74) is 5.49. The Balaban J connectivity index is 1.51. The van der Waals surface area contributed by atoms with E-state index in [0.29, 0.717) is 17.5 Å². The Morgan fingerprint density at radius 2 is 1.97 bits per heavy atom. The Morgan fingerprint density at radius 3 is 2.74 bits per heavy atom. The third-order valence-electron chi connectivity index (χ3n) is 7.74. The molecule has 0 aliphatic carbocycles. The van der Waals surface area contributed by atoms with Gasteiger partial charge in [0.2, 0.25) is 0 Å². The molecule has 4 nitrogen and oxygen atoms in total. The zero-order chi connectivity index (χ0) is 24.6. The van der Waals surface area contributed by atoms with Gasteiger partial charge in [-0.3, -0.25) is 9.88 Å².